The highest BCUT2D eigenvalue weighted by atomic mass is 16.5. The number of hydrogen-bond donors (Lipinski definition) is 1. The molecule has 0 aliphatic heterocycles. The van der Waals surface area contributed by atoms with Crippen molar-refractivity contribution >= 4 is 28.5 Å². The van der Waals surface area contributed by atoms with Crippen LogP contribution in [0.4, 0.5) is 5.69 Å². The van der Waals surface area contributed by atoms with Crippen LogP contribution in [-0.2, 0) is 16.1 Å². The Hall–Kier alpha value is -4.40. The van der Waals surface area contributed by atoms with E-state index in [9.17, 15) is 9.59 Å². The highest BCUT2D eigenvalue weighted by molar-refractivity contribution is 6.03. The zero-order valence-electron chi connectivity index (χ0n) is 24.0. The van der Waals surface area contributed by atoms with Crippen molar-refractivity contribution in [3.05, 3.63) is 77.4 Å². The predicted octanol–water partition coefficient (Wildman–Crippen LogP) is 5.00. The zero-order valence-corrected chi connectivity index (χ0v) is 24.0. The summed E-state index contributed by atoms with van der Waals surface area (Å²) in [4.78, 5) is 30.0. The van der Waals surface area contributed by atoms with Gasteiger partial charge in [-0.2, -0.15) is 0 Å². The van der Waals surface area contributed by atoms with Crippen molar-refractivity contribution in [1.29, 1.82) is 0 Å². The van der Waals surface area contributed by atoms with E-state index in [1.54, 1.807) is 42.0 Å². The summed E-state index contributed by atoms with van der Waals surface area (Å²) in [5, 5.41) is 11.5. The van der Waals surface area contributed by atoms with Gasteiger partial charge in [0.1, 0.15) is 29.6 Å². The molecule has 0 bridgehead atoms. The fraction of sp³-hybridized carbons (Fsp3) is 0.355. The van der Waals surface area contributed by atoms with Gasteiger partial charge in [0.25, 0.3) is 0 Å². The van der Waals surface area contributed by atoms with Gasteiger partial charge in [0, 0.05) is 18.2 Å². The molecular formula is C31H37N5O4. The molecular weight excluding hydrogens is 506 g/mol. The van der Waals surface area contributed by atoms with Crippen LogP contribution in [0.25, 0.3) is 11.0 Å². The van der Waals surface area contributed by atoms with E-state index in [-0.39, 0.29) is 18.4 Å². The summed E-state index contributed by atoms with van der Waals surface area (Å²) in [7, 11) is 3.11. The molecule has 0 saturated heterocycles. The second-order valence-corrected chi connectivity index (χ2v) is 10.2. The van der Waals surface area contributed by atoms with Crippen LogP contribution in [-0.4, -0.2) is 47.6 Å². The Kier molecular flexibility index (Phi) is 9.04. The minimum absolute atomic E-state index is 0.109. The number of methoxy groups -OCH3 is 2. The number of nitrogens with zero attached hydrogens (tertiary/aromatic N) is 4. The lowest BCUT2D eigenvalue weighted by atomic mass is 9.98. The molecule has 1 N–H and O–H groups in total. The van der Waals surface area contributed by atoms with E-state index in [2.05, 4.69) is 29.5 Å². The van der Waals surface area contributed by atoms with Crippen molar-refractivity contribution in [2.45, 2.75) is 46.7 Å². The maximum atomic E-state index is 14.4. The number of nitrogens with one attached hydrogen (secondary N) is 1. The van der Waals surface area contributed by atoms with Crippen molar-refractivity contribution in [3.63, 3.8) is 0 Å². The maximum absolute atomic E-state index is 14.4. The summed E-state index contributed by atoms with van der Waals surface area (Å²) in [6, 6.07) is 17.5. The largest absolute Gasteiger partial charge is 0.497 e. The van der Waals surface area contributed by atoms with E-state index in [0.29, 0.717) is 40.7 Å². The van der Waals surface area contributed by atoms with Crippen molar-refractivity contribution in [1.82, 2.24) is 20.3 Å². The molecule has 1 heterocycles. The van der Waals surface area contributed by atoms with Crippen LogP contribution in [0.15, 0.2) is 60.7 Å². The molecule has 210 valence electrons. The molecule has 9 nitrogen and oxygen atoms in total. The van der Waals surface area contributed by atoms with E-state index in [1.165, 1.54) is 0 Å². The average Bonchev–Trinajstić information content (AvgIpc) is 3.34. The number of para-hydroxylation sites is 2. The summed E-state index contributed by atoms with van der Waals surface area (Å²) in [5.41, 5.74) is 4.36. The third-order valence-corrected chi connectivity index (χ3v) is 6.92. The van der Waals surface area contributed by atoms with Crippen molar-refractivity contribution < 1.29 is 19.1 Å². The van der Waals surface area contributed by atoms with Crippen LogP contribution in [0.5, 0.6) is 11.5 Å². The summed E-state index contributed by atoms with van der Waals surface area (Å²) < 4.78 is 12.7. The normalized spacial score (nSPS) is 11.9. The number of carbonyl (C=O) groups is 2. The van der Waals surface area contributed by atoms with Gasteiger partial charge in [0.05, 0.1) is 25.4 Å². The van der Waals surface area contributed by atoms with Gasteiger partial charge in [0.15, 0.2) is 0 Å². The summed E-state index contributed by atoms with van der Waals surface area (Å²) >= 11 is 0. The van der Waals surface area contributed by atoms with Crippen LogP contribution in [0.3, 0.4) is 0 Å². The molecule has 3 aromatic carbocycles. The minimum Gasteiger partial charge on any atom is -0.497 e. The lowest BCUT2D eigenvalue weighted by Crippen LogP contribution is -2.46. The summed E-state index contributed by atoms with van der Waals surface area (Å²) in [6.07, 6.45) is 0.806. The second kappa shape index (κ2) is 12.6. The molecule has 40 heavy (non-hydrogen) atoms. The number of rotatable bonds is 11. The van der Waals surface area contributed by atoms with Gasteiger partial charge < -0.3 is 14.8 Å². The quantitative estimate of drug-likeness (QED) is 0.286. The molecule has 4 aromatic rings. The van der Waals surface area contributed by atoms with Crippen LogP contribution < -0.4 is 19.7 Å². The van der Waals surface area contributed by atoms with Crippen molar-refractivity contribution in [2.24, 2.45) is 5.92 Å². The SMILES string of the molecule is COc1ccc(C(C(=O)NCCC(C)C)N(C(=O)Cn2nnc3ccccc32)c2c(C)cccc2C)c(OC)c1. The molecule has 0 aliphatic carbocycles. The molecule has 0 fully saturated rings. The third kappa shape index (κ3) is 6.09. The number of aromatic nitrogens is 3. The minimum atomic E-state index is -1.02. The molecule has 0 spiro atoms. The van der Waals surface area contributed by atoms with Gasteiger partial charge in [-0.05, 0) is 61.6 Å². The van der Waals surface area contributed by atoms with Gasteiger partial charge in [-0.1, -0.05) is 49.4 Å². The molecule has 1 atom stereocenters. The number of aryl methyl sites for hydroxylation is 2. The van der Waals surface area contributed by atoms with E-state index >= 15 is 0 Å². The standard InChI is InChI=1S/C31H37N5O4/c1-20(2)16-17-32-31(38)30(24-15-14-23(39-5)18-27(24)40-6)36(29-21(3)10-9-11-22(29)4)28(37)19-35-26-13-8-7-12-25(26)33-34-35/h7-15,18,20,30H,16-17,19H2,1-6H3,(H,32,38). The monoisotopic (exact) mass is 543 g/mol. The highest BCUT2D eigenvalue weighted by Gasteiger charge is 2.36. The van der Waals surface area contributed by atoms with Crippen LogP contribution in [0, 0.1) is 19.8 Å². The molecule has 1 aromatic heterocycles. The number of carbonyl (C=O) groups excluding carboxylic acids is 2. The number of amides is 2. The number of fused-ring (bicyclic) bond motifs is 1. The second-order valence-electron chi connectivity index (χ2n) is 10.2. The molecule has 1 unspecified atom stereocenters. The summed E-state index contributed by atoms with van der Waals surface area (Å²) in [5.74, 6) is 0.821. The molecule has 0 aliphatic rings. The predicted molar refractivity (Wildman–Crippen MR) is 156 cm³/mol. The number of benzene rings is 3. The molecule has 9 heteroatoms. The topological polar surface area (TPSA) is 98.6 Å². The maximum Gasteiger partial charge on any atom is 0.249 e. The van der Waals surface area contributed by atoms with Crippen LogP contribution >= 0.6 is 0 Å². The van der Waals surface area contributed by atoms with Crippen molar-refractivity contribution in [2.75, 3.05) is 25.7 Å². The Morgan fingerprint density at radius 3 is 2.38 bits per heavy atom. The molecule has 2 amide bonds. The number of anilines is 1. The smallest absolute Gasteiger partial charge is 0.249 e. The first-order valence-electron chi connectivity index (χ1n) is 13.4. The van der Waals surface area contributed by atoms with Gasteiger partial charge in [-0.3, -0.25) is 14.5 Å². The van der Waals surface area contributed by atoms with E-state index in [0.717, 1.165) is 23.1 Å². The Morgan fingerprint density at radius 1 is 0.975 bits per heavy atom. The van der Waals surface area contributed by atoms with E-state index in [4.69, 9.17) is 9.47 Å². The average molecular weight is 544 g/mol. The lowest BCUT2D eigenvalue weighted by molar-refractivity contribution is -0.127. The summed E-state index contributed by atoms with van der Waals surface area (Å²) in [6.45, 7) is 8.45. The van der Waals surface area contributed by atoms with Gasteiger partial charge in [-0.15, -0.1) is 5.10 Å². The van der Waals surface area contributed by atoms with E-state index < -0.39 is 6.04 Å². The fourth-order valence-electron chi connectivity index (χ4n) is 4.84. The molecule has 0 radical (unpaired) electrons. The lowest BCUT2D eigenvalue weighted by Gasteiger charge is -2.34. The van der Waals surface area contributed by atoms with Crippen LogP contribution in [0.2, 0.25) is 0 Å². The van der Waals surface area contributed by atoms with Gasteiger partial charge >= 0.3 is 0 Å². The van der Waals surface area contributed by atoms with Gasteiger partial charge in [-0.25, -0.2) is 4.68 Å². The highest BCUT2D eigenvalue weighted by Crippen LogP contribution is 2.38. The molecule has 0 saturated carbocycles. The van der Waals surface area contributed by atoms with Crippen molar-refractivity contribution in [3.8, 4) is 11.5 Å². The Bertz CT molecular complexity index is 1480. The Labute approximate surface area is 235 Å². The number of ether oxygens (including phenoxy) is 2. The fourth-order valence-corrected chi connectivity index (χ4v) is 4.84. The zero-order chi connectivity index (χ0) is 28.8. The van der Waals surface area contributed by atoms with E-state index in [1.807, 2.05) is 56.3 Å². The first-order valence-corrected chi connectivity index (χ1v) is 13.4. The Morgan fingerprint density at radius 2 is 1.70 bits per heavy atom. The Balaban J connectivity index is 1.88. The third-order valence-electron chi connectivity index (χ3n) is 6.92. The first-order chi connectivity index (χ1) is 19.2. The van der Waals surface area contributed by atoms with Crippen LogP contribution in [0.1, 0.15) is 43.0 Å². The number of hydrogen-bond acceptors (Lipinski definition) is 6. The van der Waals surface area contributed by atoms with Gasteiger partial charge in [0.2, 0.25) is 11.8 Å². The first kappa shape index (κ1) is 28.6. The molecule has 4 rings (SSSR count).